The Balaban J connectivity index is 1.22. The molecular weight excluding hydrogens is 558 g/mol. The summed E-state index contributed by atoms with van der Waals surface area (Å²) in [6.45, 7) is 0. The summed E-state index contributed by atoms with van der Waals surface area (Å²) < 4.78 is 0. The highest BCUT2D eigenvalue weighted by molar-refractivity contribution is 6.27. The molecule has 3 heterocycles. The van der Waals surface area contributed by atoms with Crippen molar-refractivity contribution in [1.29, 1.82) is 0 Å². The van der Waals surface area contributed by atoms with Gasteiger partial charge in [-0.3, -0.25) is 15.0 Å². The molecule has 0 aliphatic rings. The minimum Gasteiger partial charge on any atom is -0.265 e. The Kier molecular flexibility index (Phi) is 6.14. The summed E-state index contributed by atoms with van der Waals surface area (Å²) in [5, 5.41) is 7.67. The van der Waals surface area contributed by atoms with Crippen LogP contribution in [0, 0.1) is 0 Å². The third-order valence-electron chi connectivity index (χ3n) is 9.10. The molecule has 0 aliphatic heterocycles. The van der Waals surface area contributed by atoms with Crippen molar-refractivity contribution in [2.45, 2.75) is 0 Å². The van der Waals surface area contributed by atoms with E-state index in [-0.39, 0.29) is 0 Å². The molecule has 0 fully saturated rings. The summed E-state index contributed by atoms with van der Waals surface area (Å²) in [4.78, 5) is 12.9. The van der Waals surface area contributed by atoms with Crippen LogP contribution < -0.4 is 0 Å². The van der Waals surface area contributed by atoms with Crippen LogP contribution in [0.15, 0.2) is 165 Å². The lowest BCUT2D eigenvalue weighted by molar-refractivity contribution is 1.32. The Labute approximate surface area is 266 Å². The van der Waals surface area contributed by atoms with Gasteiger partial charge in [-0.15, -0.1) is 0 Å². The monoisotopic (exact) mass is 585 g/mol. The summed E-state index contributed by atoms with van der Waals surface area (Å²) in [5.41, 5.74) is 11.7. The van der Waals surface area contributed by atoms with Crippen LogP contribution in [0.3, 0.4) is 0 Å². The van der Waals surface area contributed by atoms with Gasteiger partial charge in [-0.2, -0.15) is 0 Å². The lowest BCUT2D eigenvalue weighted by atomic mass is 9.87. The quantitative estimate of drug-likeness (QED) is 0.189. The molecular formula is C43H27N3. The molecule has 0 atom stereocenters. The van der Waals surface area contributed by atoms with Crippen LogP contribution in [0.5, 0.6) is 0 Å². The Bertz CT molecular complexity index is 2450. The van der Waals surface area contributed by atoms with Gasteiger partial charge >= 0.3 is 0 Å². The predicted molar refractivity (Wildman–Crippen MR) is 191 cm³/mol. The van der Waals surface area contributed by atoms with E-state index in [1.165, 1.54) is 60.1 Å². The minimum atomic E-state index is 1.09. The van der Waals surface area contributed by atoms with E-state index in [0.717, 1.165) is 27.8 Å². The van der Waals surface area contributed by atoms with Crippen LogP contribution in [0.4, 0.5) is 0 Å². The first-order chi connectivity index (χ1) is 22.8. The van der Waals surface area contributed by atoms with Gasteiger partial charge in [0.15, 0.2) is 0 Å². The lowest BCUT2D eigenvalue weighted by Crippen LogP contribution is -1.90. The normalized spacial score (nSPS) is 11.5. The van der Waals surface area contributed by atoms with Crippen molar-refractivity contribution in [3.8, 4) is 55.6 Å². The fourth-order valence-corrected chi connectivity index (χ4v) is 6.91. The van der Waals surface area contributed by atoms with Gasteiger partial charge in [0.05, 0.1) is 0 Å². The van der Waals surface area contributed by atoms with Crippen LogP contribution >= 0.6 is 0 Å². The first-order valence-electron chi connectivity index (χ1n) is 15.5. The fraction of sp³-hybridized carbons (Fsp3) is 0. The van der Waals surface area contributed by atoms with E-state index < -0.39 is 0 Å². The van der Waals surface area contributed by atoms with Crippen molar-refractivity contribution < 1.29 is 0 Å². The second kappa shape index (κ2) is 10.8. The number of rotatable bonds is 5. The molecule has 0 bridgehead atoms. The zero-order valence-electron chi connectivity index (χ0n) is 24.9. The van der Waals surface area contributed by atoms with Crippen molar-refractivity contribution in [2.75, 3.05) is 0 Å². The Hall–Kier alpha value is -6.19. The summed E-state index contributed by atoms with van der Waals surface area (Å²) >= 11 is 0. The molecule has 0 unspecified atom stereocenters. The highest BCUT2D eigenvalue weighted by atomic mass is 14.6. The molecule has 0 radical (unpaired) electrons. The number of hydrogen-bond donors (Lipinski definition) is 0. The number of pyridine rings is 3. The summed E-state index contributed by atoms with van der Waals surface area (Å²) in [5.74, 6) is 0. The molecule has 9 rings (SSSR count). The van der Waals surface area contributed by atoms with Crippen LogP contribution in [-0.2, 0) is 0 Å². The van der Waals surface area contributed by atoms with Gasteiger partial charge in [-0.1, -0.05) is 72.8 Å². The van der Waals surface area contributed by atoms with E-state index in [4.69, 9.17) is 0 Å². The van der Waals surface area contributed by atoms with E-state index in [9.17, 15) is 0 Å². The lowest BCUT2D eigenvalue weighted by Gasteiger charge is -2.17. The standard InChI is InChI=1S/C43H27N3/c1-3-32(36-24-35(28-14-19-44-20-15-28)25-37(26-36)34-5-2-18-46-27-34)23-33(4-1)39-11-7-31-8-12-40-38(29-16-21-45-22-17-29)10-6-30-9-13-41(39)43(31)42(30)40/h1-27H. The smallest absolute Gasteiger partial charge is 0.0346 e. The van der Waals surface area contributed by atoms with Gasteiger partial charge in [-0.25, -0.2) is 0 Å². The summed E-state index contributed by atoms with van der Waals surface area (Å²) in [6.07, 6.45) is 11.2. The molecule has 0 N–H and O–H groups in total. The third kappa shape index (κ3) is 4.41. The largest absolute Gasteiger partial charge is 0.265 e. The minimum absolute atomic E-state index is 1.09. The maximum atomic E-state index is 4.39. The fourth-order valence-electron chi connectivity index (χ4n) is 6.91. The van der Waals surface area contributed by atoms with Crippen molar-refractivity contribution >= 4 is 32.3 Å². The van der Waals surface area contributed by atoms with Crippen LogP contribution in [0.2, 0.25) is 0 Å². The average Bonchev–Trinajstić information content (AvgIpc) is 3.14. The van der Waals surface area contributed by atoms with E-state index >= 15 is 0 Å². The molecule has 0 aliphatic carbocycles. The van der Waals surface area contributed by atoms with Crippen LogP contribution in [-0.4, -0.2) is 15.0 Å². The van der Waals surface area contributed by atoms with E-state index in [1.807, 2.05) is 43.2 Å². The van der Waals surface area contributed by atoms with Gasteiger partial charge < -0.3 is 0 Å². The van der Waals surface area contributed by atoms with Crippen molar-refractivity contribution in [3.05, 3.63) is 165 Å². The third-order valence-corrected chi connectivity index (χ3v) is 9.10. The molecule has 0 spiro atoms. The van der Waals surface area contributed by atoms with Gasteiger partial charge in [-0.05, 0) is 137 Å². The zero-order valence-corrected chi connectivity index (χ0v) is 24.9. The molecule has 3 nitrogen and oxygen atoms in total. The maximum Gasteiger partial charge on any atom is 0.0346 e. The molecule has 46 heavy (non-hydrogen) atoms. The van der Waals surface area contributed by atoms with E-state index in [1.54, 1.807) is 0 Å². The predicted octanol–water partition coefficient (Wildman–Crippen LogP) is 11.1. The Morgan fingerprint density at radius 2 is 0.804 bits per heavy atom. The number of aromatic nitrogens is 3. The van der Waals surface area contributed by atoms with Crippen LogP contribution in [0.1, 0.15) is 0 Å². The van der Waals surface area contributed by atoms with Crippen molar-refractivity contribution in [2.24, 2.45) is 0 Å². The Morgan fingerprint density at radius 1 is 0.304 bits per heavy atom. The molecule has 9 aromatic rings. The number of hydrogen-bond acceptors (Lipinski definition) is 3. The molecule has 0 saturated heterocycles. The van der Waals surface area contributed by atoms with Crippen molar-refractivity contribution in [1.82, 2.24) is 15.0 Å². The van der Waals surface area contributed by atoms with Crippen LogP contribution in [0.25, 0.3) is 88.0 Å². The SMILES string of the molecule is c1cncc(-c2cc(-c3ccncc3)cc(-c3cccc(-c4ccc5ccc6c(-c7ccncc7)ccc7ccc4c5c76)c3)c2)c1. The summed E-state index contributed by atoms with van der Waals surface area (Å²) in [7, 11) is 0. The Morgan fingerprint density at radius 3 is 1.43 bits per heavy atom. The van der Waals surface area contributed by atoms with E-state index in [0.29, 0.717) is 0 Å². The van der Waals surface area contributed by atoms with Gasteiger partial charge in [0.1, 0.15) is 0 Å². The molecule has 214 valence electrons. The first-order valence-corrected chi connectivity index (χ1v) is 15.5. The topological polar surface area (TPSA) is 38.7 Å². The average molecular weight is 586 g/mol. The molecule has 6 aromatic carbocycles. The number of nitrogens with zero attached hydrogens (tertiary/aromatic N) is 3. The zero-order chi connectivity index (χ0) is 30.5. The first kappa shape index (κ1) is 26.2. The van der Waals surface area contributed by atoms with E-state index in [2.05, 4.69) is 136 Å². The molecule has 0 saturated carbocycles. The second-order valence-electron chi connectivity index (χ2n) is 11.7. The summed E-state index contributed by atoms with van der Waals surface area (Å²) in [6, 6.07) is 46.3. The highest BCUT2D eigenvalue weighted by Crippen LogP contribution is 2.43. The number of benzene rings is 6. The van der Waals surface area contributed by atoms with Gasteiger partial charge in [0, 0.05) is 42.7 Å². The molecule has 3 aromatic heterocycles. The van der Waals surface area contributed by atoms with Crippen molar-refractivity contribution in [3.63, 3.8) is 0 Å². The maximum absolute atomic E-state index is 4.39. The highest BCUT2D eigenvalue weighted by Gasteiger charge is 2.15. The molecule has 0 amide bonds. The van der Waals surface area contributed by atoms with Gasteiger partial charge in [0.25, 0.3) is 0 Å². The second-order valence-corrected chi connectivity index (χ2v) is 11.7. The molecule has 3 heteroatoms. The van der Waals surface area contributed by atoms with Gasteiger partial charge in [0.2, 0.25) is 0 Å².